The second-order valence-electron chi connectivity index (χ2n) is 3.69. The standard InChI is InChI=1S/C10H15F4N3O/c1-2-15-3-7-4-16-8(17-7)5-18-6-10(13,14)9(11)12/h4,9,15H,2-3,5-6H2,1H3,(H,16,17). The molecule has 0 saturated carbocycles. The summed E-state index contributed by atoms with van der Waals surface area (Å²) in [6, 6.07) is 0. The van der Waals surface area contributed by atoms with Crippen molar-refractivity contribution in [2.75, 3.05) is 13.2 Å². The van der Waals surface area contributed by atoms with Crippen LogP contribution in [0.2, 0.25) is 0 Å². The fourth-order valence-electron chi connectivity index (χ4n) is 1.18. The first-order valence-electron chi connectivity index (χ1n) is 5.43. The number of hydrogen-bond acceptors (Lipinski definition) is 3. The second kappa shape index (κ2) is 6.69. The number of aromatic amines is 1. The highest BCUT2D eigenvalue weighted by molar-refractivity contribution is 5.00. The molecule has 0 aromatic carbocycles. The minimum absolute atomic E-state index is 0.256. The number of alkyl halides is 4. The van der Waals surface area contributed by atoms with Crippen molar-refractivity contribution in [2.45, 2.75) is 32.4 Å². The van der Waals surface area contributed by atoms with Crippen molar-refractivity contribution >= 4 is 0 Å². The van der Waals surface area contributed by atoms with E-state index in [2.05, 4.69) is 20.0 Å². The number of imidazole rings is 1. The quantitative estimate of drug-likeness (QED) is 0.709. The zero-order chi connectivity index (χ0) is 13.6. The summed E-state index contributed by atoms with van der Waals surface area (Å²) in [5.41, 5.74) is 0.774. The molecule has 1 heterocycles. The fraction of sp³-hybridized carbons (Fsp3) is 0.700. The van der Waals surface area contributed by atoms with Gasteiger partial charge in [-0.05, 0) is 6.54 Å². The fourth-order valence-corrected chi connectivity index (χ4v) is 1.18. The molecule has 0 atom stereocenters. The third kappa shape index (κ3) is 4.61. The maximum absolute atomic E-state index is 12.5. The predicted octanol–water partition coefficient (Wildman–Crippen LogP) is 1.94. The van der Waals surface area contributed by atoms with Crippen LogP contribution in [0.5, 0.6) is 0 Å². The summed E-state index contributed by atoms with van der Waals surface area (Å²) in [7, 11) is 0. The number of rotatable bonds is 8. The van der Waals surface area contributed by atoms with Gasteiger partial charge in [0.2, 0.25) is 0 Å². The molecular formula is C10H15F4N3O. The van der Waals surface area contributed by atoms with Crippen LogP contribution in [-0.2, 0) is 17.9 Å². The molecule has 0 radical (unpaired) electrons. The van der Waals surface area contributed by atoms with Crippen LogP contribution in [-0.4, -0.2) is 35.5 Å². The van der Waals surface area contributed by atoms with E-state index in [0.29, 0.717) is 12.4 Å². The Morgan fingerprint density at radius 1 is 1.50 bits per heavy atom. The zero-order valence-corrected chi connectivity index (χ0v) is 9.85. The van der Waals surface area contributed by atoms with Crippen LogP contribution < -0.4 is 5.32 Å². The van der Waals surface area contributed by atoms with Crippen molar-refractivity contribution in [3.05, 3.63) is 17.7 Å². The number of nitrogens with one attached hydrogen (secondary N) is 2. The largest absolute Gasteiger partial charge is 0.367 e. The summed E-state index contributed by atoms with van der Waals surface area (Å²) in [6.45, 7) is 1.71. The molecule has 0 spiro atoms. The summed E-state index contributed by atoms with van der Waals surface area (Å²) in [6.07, 6.45) is -2.19. The van der Waals surface area contributed by atoms with E-state index in [0.717, 1.165) is 12.2 Å². The highest BCUT2D eigenvalue weighted by Gasteiger charge is 2.40. The molecule has 0 amide bonds. The molecular weight excluding hydrogens is 254 g/mol. The summed E-state index contributed by atoms with van der Waals surface area (Å²) >= 11 is 0. The Bertz CT molecular complexity index is 357. The van der Waals surface area contributed by atoms with Gasteiger partial charge in [-0.2, -0.15) is 8.78 Å². The van der Waals surface area contributed by atoms with Gasteiger partial charge in [0.05, 0.1) is 0 Å². The van der Waals surface area contributed by atoms with Crippen LogP contribution in [0.15, 0.2) is 6.20 Å². The van der Waals surface area contributed by atoms with E-state index in [4.69, 9.17) is 0 Å². The van der Waals surface area contributed by atoms with E-state index in [1.54, 1.807) is 0 Å². The molecule has 1 aromatic rings. The molecule has 8 heteroatoms. The third-order valence-electron chi connectivity index (χ3n) is 2.10. The van der Waals surface area contributed by atoms with Gasteiger partial charge >= 0.3 is 12.3 Å². The molecule has 0 saturated heterocycles. The van der Waals surface area contributed by atoms with Crippen molar-refractivity contribution in [3.63, 3.8) is 0 Å². The van der Waals surface area contributed by atoms with Gasteiger partial charge in [0.15, 0.2) is 0 Å². The van der Waals surface area contributed by atoms with E-state index in [1.165, 1.54) is 6.20 Å². The highest BCUT2D eigenvalue weighted by atomic mass is 19.3. The topological polar surface area (TPSA) is 49.9 Å². The smallest absolute Gasteiger partial charge is 0.330 e. The van der Waals surface area contributed by atoms with E-state index >= 15 is 0 Å². The van der Waals surface area contributed by atoms with Crippen LogP contribution >= 0.6 is 0 Å². The van der Waals surface area contributed by atoms with Gasteiger partial charge < -0.3 is 15.0 Å². The van der Waals surface area contributed by atoms with E-state index in [-0.39, 0.29) is 6.61 Å². The minimum atomic E-state index is -4.13. The first-order valence-corrected chi connectivity index (χ1v) is 5.43. The normalized spacial score (nSPS) is 12.3. The second-order valence-corrected chi connectivity index (χ2v) is 3.69. The number of halogens is 4. The summed E-state index contributed by atoms with van der Waals surface area (Å²) in [5.74, 6) is -3.80. The molecule has 0 bridgehead atoms. The van der Waals surface area contributed by atoms with Gasteiger partial charge in [-0.25, -0.2) is 13.8 Å². The first-order chi connectivity index (χ1) is 8.45. The Morgan fingerprint density at radius 2 is 2.22 bits per heavy atom. The van der Waals surface area contributed by atoms with Gasteiger partial charge in [-0.3, -0.25) is 0 Å². The average Bonchev–Trinajstić information content (AvgIpc) is 2.74. The van der Waals surface area contributed by atoms with Crippen molar-refractivity contribution in [1.29, 1.82) is 0 Å². The van der Waals surface area contributed by atoms with Gasteiger partial charge in [0, 0.05) is 18.4 Å². The molecule has 2 N–H and O–H groups in total. The number of H-pyrrole nitrogens is 1. The maximum atomic E-state index is 12.5. The molecule has 0 fully saturated rings. The van der Waals surface area contributed by atoms with Gasteiger partial charge in [-0.1, -0.05) is 6.92 Å². The number of ether oxygens (including phenoxy) is 1. The average molecular weight is 269 g/mol. The Labute approximate surface area is 102 Å². The van der Waals surface area contributed by atoms with Crippen LogP contribution in [0.4, 0.5) is 17.6 Å². The van der Waals surface area contributed by atoms with Crippen LogP contribution in [0, 0.1) is 0 Å². The number of aromatic nitrogens is 2. The van der Waals surface area contributed by atoms with Gasteiger partial charge in [0.25, 0.3) is 0 Å². The molecule has 18 heavy (non-hydrogen) atoms. The van der Waals surface area contributed by atoms with Gasteiger partial charge in [0.1, 0.15) is 19.0 Å². The van der Waals surface area contributed by atoms with Crippen molar-refractivity contribution < 1.29 is 22.3 Å². The molecule has 1 aromatic heterocycles. The molecule has 1 rings (SSSR count). The lowest BCUT2D eigenvalue weighted by Crippen LogP contribution is -2.32. The molecule has 0 aliphatic rings. The Balaban J connectivity index is 2.33. The minimum Gasteiger partial charge on any atom is -0.367 e. The van der Waals surface area contributed by atoms with E-state index < -0.39 is 19.0 Å². The van der Waals surface area contributed by atoms with Crippen molar-refractivity contribution in [2.24, 2.45) is 0 Å². The predicted molar refractivity (Wildman–Crippen MR) is 56.6 cm³/mol. The molecule has 104 valence electrons. The summed E-state index contributed by atoms with van der Waals surface area (Å²) in [4.78, 5) is 6.71. The van der Waals surface area contributed by atoms with Crippen molar-refractivity contribution in [1.82, 2.24) is 15.3 Å². The van der Waals surface area contributed by atoms with E-state index in [9.17, 15) is 17.6 Å². The SMILES string of the molecule is CCNCc1cnc(COCC(F)(F)C(F)F)[nH]1. The lowest BCUT2D eigenvalue weighted by molar-refractivity contribution is -0.168. The van der Waals surface area contributed by atoms with Crippen molar-refractivity contribution in [3.8, 4) is 0 Å². The monoisotopic (exact) mass is 269 g/mol. The number of hydrogen-bond donors (Lipinski definition) is 2. The molecule has 0 aliphatic carbocycles. The molecule has 0 unspecified atom stereocenters. The zero-order valence-electron chi connectivity index (χ0n) is 9.85. The first kappa shape index (κ1) is 14.9. The third-order valence-corrected chi connectivity index (χ3v) is 2.10. The molecule has 0 aliphatic heterocycles. The van der Waals surface area contributed by atoms with Crippen LogP contribution in [0.3, 0.4) is 0 Å². The van der Waals surface area contributed by atoms with E-state index in [1.807, 2.05) is 6.92 Å². The van der Waals surface area contributed by atoms with Crippen LogP contribution in [0.1, 0.15) is 18.4 Å². The molecule has 4 nitrogen and oxygen atoms in total. The Morgan fingerprint density at radius 3 is 2.83 bits per heavy atom. The maximum Gasteiger partial charge on any atom is 0.330 e. The highest BCUT2D eigenvalue weighted by Crippen LogP contribution is 2.23. The summed E-state index contributed by atoms with van der Waals surface area (Å²) in [5, 5.41) is 3.04. The lowest BCUT2D eigenvalue weighted by Gasteiger charge is -2.14. The Hall–Kier alpha value is -1.15. The Kier molecular flexibility index (Phi) is 5.54. The summed E-state index contributed by atoms with van der Waals surface area (Å²) < 4.78 is 53.2. The number of nitrogens with zero attached hydrogens (tertiary/aromatic N) is 1. The van der Waals surface area contributed by atoms with Crippen LogP contribution in [0.25, 0.3) is 0 Å². The lowest BCUT2D eigenvalue weighted by atomic mass is 10.4. The van der Waals surface area contributed by atoms with Gasteiger partial charge in [-0.15, -0.1) is 0 Å².